The van der Waals surface area contributed by atoms with Gasteiger partial charge in [0, 0.05) is 12.1 Å². The summed E-state index contributed by atoms with van der Waals surface area (Å²) in [4.78, 5) is 0. The van der Waals surface area contributed by atoms with Gasteiger partial charge in [-0.05, 0) is 55.7 Å². The Morgan fingerprint density at radius 2 is 1.83 bits per heavy atom. The second-order valence-corrected chi connectivity index (χ2v) is 5.94. The van der Waals surface area contributed by atoms with Crippen molar-refractivity contribution in [1.82, 2.24) is 5.32 Å². The topological polar surface area (TPSA) is 12.0 Å². The maximum absolute atomic E-state index is 12.9. The zero-order chi connectivity index (χ0) is 13.1. The maximum atomic E-state index is 12.9. The van der Waals surface area contributed by atoms with E-state index in [0.29, 0.717) is 12.1 Å². The number of nitrogens with one attached hydrogen (secondary N) is 1. The fraction of sp³-hybridized carbons (Fsp3) is 0.625. The molecule has 1 nitrogen and oxygen atoms in total. The minimum absolute atomic E-state index is 0.161. The Morgan fingerprint density at radius 1 is 1.17 bits per heavy atom. The van der Waals surface area contributed by atoms with Gasteiger partial charge in [0.05, 0.1) is 0 Å². The molecule has 0 spiro atoms. The minimum atomic E-state index is -0.161. The van der Waals surface area contributed by atoms with Gasteiger partial charge in [-0.2, -0.15) is 0 Å². The Bertz CT molecular complexity index is 373. The molecule has 1 aliphatic rings. The molecule has 1 fully saturated rings. The van der Waals surface area contributed by atoms with Gasteiger partial charge in [-0.25, -0.2) is 4.39 Å². The van der Waals surface area contributed by atoms with Crippen molar-refractivity contribution < 1.29 is 4.39 Å². The van der Waals surface area contributed by atoms with E-state index in [9.17, 15) is 4.39 Å². The zero-order valence-corrected chi connectivity index (χ0v) is 11.6. The average Bonchev–Trinajstić information content (AvgIpc) is 2.33. The van der Waals surface area contributed by atoms with Gasteiger partial charge in [0.1, 0.15) is 5.82 Å². The summed E-state index contributed by atoms with van der Waals surface area (Å²) < 4.78 is 12.9. The largest absolute Gasteiger partial charge is 0.307 e. The molecule has 2 rings (SSSR count). The van der Waals surface area contributed by atoms with Crippen LogP contribution in [0.3, 0.4) is 0 Å². The third kappa shape index (κ3) is 3.32. The molecule has 1 aromatic rings. The molecule has 2 heteroatoms. The maximum Gasteiger partial charge on any atom is 0.123 e. The van der Waals surface area contributed by atoms with E-state index in [1.54, 1.807) is 12.1 Å². The molecule has 1 aliphatic carbocycles. The monoisotopic (exact) mass is 249 g/mol. The zero-order valence-electron chi connectivity index (χ0n) is 11.6. The predicted molar refractivity (Wildman–Crippen MR) is 73.9 cm³/mol. The van der Waals surface area contributed by atoms with Gasteiger partial charge in [-0.3, -0.25) is 0 Å². The van der Waals surface area contributed by atoms with Gasteiger partial charge >= 0.3 is 0 Å². The number of hydrogen-bond acceptors (Lipinski definition) is 1. The van der Waals surface area contributed by atoms with E-state index in [-0.39, 0.29) is 5.82 Å². The summed E-state index contributed by atoms with van der Waals surface area (Å²) in [5.74, 6) is 1.43. The third-order valence-electron chi connectivity index (χ3n) is 4.27. The normalized spacial score (nSPS) is 30.1. The highest BCUT2D eigenvalue weighted by Gasteiger charge is 2.26. The van der Waals surface area contributed by atoms with Crippen LogP contribution in [0.25, 0.3) is 0 Å². The van der Waals surface area contributed by atoms with Crippen molar-refractivity contribution in [3.8, 4) is 0 Å². The van der Waals surface area contributed by atoms with Gasteiger partial charge in [0.2, 0.25) is 0 Å². The summed E-state index contributed by atoms with van der Waals surface area (Å²) in [6.45, 7) is 6.85. The average molecular weight is 249 g/mol. The number of benzene rings is 1. The molecule has 1 aromatic carbocycles. The van der Waals surface area contributed by atoms with Crippen LogP contribution in [0.5, 0.6) is 0 Å². The first-order valence-corrected chi connectivity index (χ1v) is 7.07. The Kier molecular flexibility index (Phi) is 4.39. The lowest BCUT2D eigenvalue weighted by Crippen LogP contribution is -2.40. The summed E-state index contributed by atoms with van der Waals surface area (Å²) in [6.07, 6.45) is 3.89. The SMILES string of the molecule is CC1CCC(N[C@H](C)c2ccc(F)cc2)C(C)C1. The summed E-state index contributed by atoms with van der Waals surface area (Å²) in [5.41, 5.74) is 1.17. The minimum Gasteiger partial charge on any atom is -0.307 e. The summed E-state index contributed by atoms with van der Waals surface area (Å²) in [7, 11) is 0. The Balaban J connectivity index is 1.94. The van der Waals surface area contributed by atoms with E-state index in [4.69, 9.17) is 0 Å². The van der Waals surface area contributed by atoms with Gasteiger partial charge < -0.3 is 5.32 Å². The van der Waals surface area contributed by atoms with Gasteiger partial charge in [0.15, 0.2) is 0 Å². The molecular formula is C16H24FN. The standard InChI is InChI=1S/C16H24FN/c1-11-4-9-16(12(2)10-11)18-13(3)14-5-7-15(17)8-6-14/h5-8,11-13,16,18H,4,9-10H2,1-3H3/t11?,12?,13-,16?/m1/s1. The molecule has 0 bridgehead atoms. The van der Waals surface area contributed by atoms with Gasteiger partial charge in [-0.15, -0.1) is 0 Å². The molecule has 3 unspecified atom stereocenters. The van der Waals surface area contributed by atoms with E-state index >= 15 is 0 Å². The van der Waals surface area contributed by atoms with Crippen LogP contribution in [-0.2, 0) is 0 Å². The summed E-state index contributed by atoms with van der Waals surface area (Å²) in [5, 5.41) is 3.70. The molecule has 1 saturated carbocycles. The molecule has 0 aliphatic heterocycles. The second kappa shape index (κ2) is 5.83. The van der Waals surface area contributed by atoms with Crippen molar-refractivity contribution in [3.05, 3.63) is 35.6 Å². The highest BCUT2D eigenvalue weighted by atomic mass is 19.1. The number of hydrogen-bond donors (Lipinski definition) is 1. The predicted octanol–water partition coefficient (Wildman–Crippen LogP) is 4.30. The molecule has 0 radical (unpaired) electrons. The van der Waals surface area contributed by atoms with E-state index in [1.165, 1.54) is 24.8 Å². The van der Waals surface area contributed by atoms with Crippen LogP contribution in [0.2, 0.25) is 0 Å². The van der Waals surface area contributed by atoms with Crippen molar-refractivity contribution in [3.63, 3.8) is 0 Å². The summed E-state index contributed by atoms with van der Waals surface area (Å²) >= 11 is 0. The van der Waals surface area contributed by atoms with Crippen LogP contribution in [-0.4, -0.2) is 6.04 Å². The lowest BCUT2D eigenvalue weighted by atomic mass is 9.79. The first kappa shape index (κ1) is 13.5. The number of halogens is 1. The third-order valence-corrected chi connectivity index (χ3v) is 4.27. The first-order chi connectivity index (χ1) is 8.56. The van der Waals surface area contributed by atoms with E-state index in [2.05, 4.69) is 26.1 Å². The van der Waals surface area contributed by atoms with Crippen molar-refractivity contribution in [1.29, 1.82) is 0 Å². The van der Waals surface area contributed by atoms with Crippen LogP contribution >= 0.6 is 0 Å². The Hall–Kier alpha value is -0.890. The van der Waals surface area contributed by atoms with Crippen molar-refractivity contribution in [2.24, 2.45) is 11.8 Å². The van der Waals surface area contributed by atoms with Crippen LogP contribution < -0.4 is 5.32 Å². The first-order valence-electron chi connectivity index (χ1n) is 7.07. The molecule has 0 aromatic heterocycles. The lowest BCUT2D eigenvalue weighted by molar-refractivity contribution is 0.216. The fourth-order valence-corrected chi connectivity index (χ4v) is 3.08. The van der Waals surface area contributed by atoms with E-state index in [0.717, 1.165) is 11.8 Å². The second-order valence-electron chi connectivity index (χ2n) is 5.94. The van der Waals surface area contributed by atoms with Crippen LogP contribution in [0.1, 0.15) is 51.6 Å². The Morgan fingerprint density at radius 3 is 2.44 bits per heavy atom. The summed E-state index contributed by atoms with van der Waals surface area (Å²) in [6, 6.07) is 7.74. The Labute approximate surface area is 110 Å². The molecule has 1 N–H and O–H groups in total. The van der Waals surface area contributed by atoms with Gasteiger partial charge in [0.25, 0.3) is 0 Å². The van der Waals surface area contributed by atoms with E-state index in [1.807, 2.05) is 12.1 Å². The van der Waals surface area contributed by atoms with Crippen molar-refractivity contribution >= 4 is 0 Å². The quantitative estimate of drug-likeness (QED) is 0.842. The molecule has 0 heterocycles. The molecule has 0 saturated heterocycles. The molecule has 4 atom stereocenters. The van der Waals surface area contributed by atoms with Crippen LogP contribution in [0.4, 0.5) is 4.39 Å². The molecule has 100 valence electrons. The fourth-order valence-electron chi connectivity index (χ4n) is 3.08. The molecule has 0 amide bonds. The smallest absolute Gasteiger partial charge is 0.123 e. The van der Waals surface area contributed by atoms with Crippen molar-refractivity contribution in [2.75, 3.05) is 0 Å². The molecule has 18 heavy (non-hydrogen) atoms. The molecular weight excluding hydrogens is 225 g/mol. The number of rotatable bonds is 3. The van der Waals surface area contributed by atoms with Crippen LogP contribution in [0.15, 0.2) is 24.3 Å². The van der Waals surface area contributed by atoms with E-state index < -0.39 is 0 Å². The lowest BCUT2D eigenvalue weighted by Gasteiger charge is -2.35. The van der Waals surface area contributed by atoms with Gasteiger partial charge in [-0.1, -0.05) is 26.0 Å². The van der Waals surface area contributed by atoms with Crippen LogP contribution in [0, 0.1) is 17.7 Å². The highest BCUT2D eigenvalue weighted by Crippen LogP contribution is 2.30. The highest BCUT2D eigenvalue weighted by molar-refractivity contribution is 5.19. The van der Waals surface area contributed by atoms with Crippen molar-refractivity contribution in [2.45, 2.75) is 52.1 Å².